The van der Waals surface area contributed by atoms with Gasteiger partial charge in [0, 0.05) is 17.8 Å². The van der Waals surface area contributed by atoms with Crippen LogP contribution in [0.2, 0.25) is 0 Å². The van der Waals surface area contributed by atoms with Crippen LogP contribution in [0.3, 0.4) is 0 Å². The summed E-state index contributed by atoms with van der Waals surface area (Å²) in [6, 6.07) is 1.21. The molecule has 0 aromatic carbocycles. The van der Waals surface area contributed by atoms with Crippen LogP contribution in [0.25, 0.3) is 0 Å². The van der Waals surface area contributed by atoms with Gasteiger partial charge in [0.2, 0.25) is 0 Å². The summed E-state index contributed by atoms with van der Waals surface area (Å²) in [6.07, 6.45) is 1.92. The molecule has 0 bridgehead atoms. The first kappa shape index (κ1) is 10.5. The molecule has 1 heterocycles. The number of pyridine rings is 1. The fourth-order valence-corrected chi connectivity index (χ4v) is 1.13. The molecule has 0 aliphatic heterocycles. The minimum Gasteiger partial charge on any atom is -0.478 e. The van der Waals surface area contributed by atoms with Crippen molar-refractivity contribution in [1.29, 1.82) is 0 Å². The molecule has 0 amide bonds. The molecule has 1 aromatic heterocycles. The predicted octanol–water partition coefficient (Wildman–Crippen LogP) is 0.772. The average molecular weight is 195 g/mol. The van der Waals surface area contributed by atoms with Crippen molar-refractivity contribution >= 4 is 11.8 Å². The molecule has 0 aliphatic rings. The zero-order chi connectivity index (χ0) is 10.7. The first-order valence-corrected chi connectivity index (χ1v) is 4.30. The van der Waals surface area contributed by atoms with Crippen LogP contribution in [-0.2, 0) is 0 Å². The Morgan fingerprint density at radius 1 is 1.71 bits per heavy atom. The van der Waals surface area contributed by atoms with Gasteiger partial charge in [0.25, 0.3) is 0 Å². The number of aromatic carboxylic acids is 1. The van der Waals surface area contributed by atoms with Crippen LogP contribution in [0.1, 0.15) is 35.3 Å². The monoisotopic (exact) mass is 195 g/mol. The summed E-state index contributed by atoms with van der Waals surface area (Å²) in [6.45, 7) is 1.90. The fraction of sp³-hybridized carbons (Fsp3) is 0.333. The van der Waals surface area contributed by atoms with E-state index in [0.717, 1.165) is 0 Å². The van der Waals surface area contributed by atoms with Crippen LogP contribution in [0.15, 0.2) is 12.3 Å². The molecule has 0 fully saturated rings. The number of anilines is 1. The number of hydrogen-bond acceptors (Lipinski definition) is 4. The highest BCUT2D eigenvalue weighted by molar-refractivity contribution is 5.87. The number of carboxylic acids is 1. The number of carbonyl (C=O) groups is 1. The van der Waals surface area contributed by atoms with E-state index in [0.29, 0.717) is 17.8 Å². The van der Waals surface area contributed by atoms with Crippen molar-refractivity contribution in [1.82, 2.24) is 4.98 Å². The van der Waals surface area contributed by atoms with E-state index >= 15 is 0 Å². The van der Waals surface area contributed by atoms with E-state index in [1.165, 1.54) is 12.3 Å². The maximum absolute atomic E-state index is 10.7. The Bertz CT molecular complexity index is 352. The minimum atomic E-state index is -1.03. The third-order valence-corrected chi connectivity index (χ3v) is 2.04. The summed E-state index contributed by atoms with van der Waals surface area (Å²) < 4.78 is 0. The molecule has 1 atom stereocenters. The van der Waals surface area contributed by atoms with E-state index in [1.807, 2.05) is 6.92 Å². The highest BCUT2D eigenvalue weighted by Crippen LogP contribution is 2.19. The van der Waals surface area contributed by atoms with E-state index in [2.05, 4.69) is 4.98 Å². The zero-order valence-corrected chi connectivity index (χ0v) is 7.90. The molecular weight excluding hydrogens is 182 g/mol. The van der Waals surface area contributed by atoms with Gasteiger partial charge >= 0.3 is 5.97 Å². The molecule has 1 aromatic rings. The Morgan fingerprint density at radius 2 is 2.36 bits per heavy atom. The summed E-state index contributed by atoms with van der Waals surface area (Å²) in [7, 11) is 0. The van der Waals surface area contributed by atoms with Crippen LogP contribution in [0.5, 0.6) is 0 Å². The molecular formula is C9H13N3O2. The molecule has 0 radical (unpaired) electrons. The number of hydrogen-bond donors (Lipinski definition) is 3. The van der Waals surface area contributed by atoms with Gasteiger partial charge in [0.15, 0.2) is 0 Å². The smallest absolute Gasteiger partial charge is 0.337 e. The Morgan fingerprint density at radius 3 is 2.86 bits per heavy atom. The topological polar surface area (TPSA) is 102 Å². The van der Waals surface area contributed by atoms with Crippen molar-refractivity contribution in [2.45, 2.75) is 19.4 Å². The third kappa shape index (κ3) is 2.00. The van der Waals surface area contributed by atoms with E-state index in [-0.39, 0.29) is 11.6 Å². The first-order valence-electron chi connectivity index (χ1n) is 4.30. The van der Waals surface area contributed by atoms with Crippen LogP contribution >= 0.6 is 0 Å². The Kier molecular flexibility index (Phi) is 3.03. The van der Waals surface area contributed by atoms with Crippen LogP contribution in [-0.4, -0.2) is 16.1 Å². The number of aromatic nitrogens is 1. The SMILES string of the molecule is CC[C@@H](N)c1cc(C(=O)O)cnc1N. The summed E-state index contributed by atoms with van der Waals surface area (Å²) in [5.41, 5.74) is 12.0. The number of rotatable bonds is 3. The highest BCUT2D eigenvalue weighted by atomic mass is 16.4. The van der Waals surface area contributed by atoms with Gasteiger partial charge in [-0.25, -0.2) is 9.78 Å². The molecule has 0 saturated carbocycles. The molecule has 5 N–H and O–H groups in total. The first-order chi connectivity index (χ1) is 6.56. The van der Waals surface area contributed by atoms with Gasteiger partial charge in [-0.1, -0.05) is 6.92 Å². The lowest BCUT2D eigenvalue weighted by Crippen LogP contribution is -2.13. The Hall–Kier alpha value is -1.62. The van der Waals surface area contributed by atoms with Gasteiger partial charge < -0.3 is 16.6 Å². The number of nitrogens with zero attached hydrogens (tertiary/aromatic N) is 1. The second kappa shape index (κ2) is 4.06. The summed E-state index contributed by atoms with van der Waals surface area (Å²) in [5.74, 6) is -0.730. The molecule has 5 nitrogen and oxygen atoms in total. The van der Waals surface area contributed by atoms with Crippen molar-refractivity contribution < 1.29 is 9.90 Å². The second-order valence-corrected chi connectivity index (χ2v) is 3.02. The summed E-state index contributed by atoms with van der Waals surface area (Å²) in [4.78, 5) is 14.4. The maximum Gasteiger partial charge on any atom is 0.337 e. The van der Waals surface area contributed by atoms with E-state index < -0.39 is 5.97 Å². The zero-order valence-electron chi connectivity index (χ0n) is 7.90. The maximum atomic E-state index is 10.7. The Balaban J connectivity index is 3.14. The largest absolute Gasteiger partial charge is 0.478 e. The standard InChI is InChI=1S/C9H13N3O2/c1-2-7(10)6-3-5(9(13)14)4-12-8(6)11/h3-4,7H,2,10H2,1H3,(H2,11,12)(H,13,14)/t7-/m1/s1. The van der Waals surface area contributed by atoms with Crippen LogP contribution in [0.4, 0.5) is 5.82 Å². The lowest BCUT2D eigenvalue weighted by atomic mass is 10.0. The molecule has 5 heteroatoms. The number of carboxylic acid groups (broad SMARTS) is 1. The highest BCUT2D eigenvalue weighted by Gasteiger charge is 2.12. The predicted molar refractivity (Wildman–Crippen MR) is 52.8 cm³/mol. The quantitative estimate of drug-likeness (QED) is 0.661. The molecule has 0 unspecified atom stereocenters. The van der Waals surface area contributed by atoms with Gasteiger partial charge in [-0.2, -0.15) is 0 Å². The van der Waals surface area contributed by atoms with Crippen molar-refractivity contribution in [2.24, 2.45) is 5.73 Å². The number of nitrogens with two attached hydrogens (primary N) is 2. The van der Waals surface area contributed by atoms with Gasteiger partial charge in [-0.3, -0.25) is 0 Å². The van der Waals surface area contributed by atoms with E-state index in [1.54, 1.807) is 0 Å². The molecule has 0 saturated heterocycles. The summed E-state index contributed by atoms with van der Waals surface area (Å²) >= 11 is 0. The normalized spacial score (nSPS) is 12.4. The molecule has 0 spiro atoms. The molecule has 0 aliphatic carbocycles. The van der Waals surface area contributed by atoms with Crippen LogP contribution in [0, 0.1) is 0 Å². The van der Waals surface area contributed by atoms with Gasteiger partial charge in [0.1, 0.15) is 5.82 Å². The molecule has 14 heavy (non-hydrogen) atoms. The lowest BCUT2D eigenvalue weighted by Gasteiger charge is -2.11. The van der Waals surface area contributed by atoms with Gasteiger partial charge in [-0.05, 0) is 12.5 Å². The average Bonchev–Trinajstić information content (AvgIpc) is 2.17. The van der Waals surface area contributed by atoms with E-state index in [9.17, 15) is 4.79 Å². The van der Waals surface area contributed by atoms with Crippen LogP contribution < -0.4 is 11.5 Å². The fourth-order valence-electron chi connectivity index (χ4n) is 1.13. The minimum absolute atomic E-state index is 0.109. The van der Waals surface area contributed by atoms with Gasteiger partial charge in [-0.15, -0.1) is 0 Å². The lowest BCUT2D eigenvalue weighted by molar-refractivity contribution is 0.0696. The van der Waals surface area contributed by atoms with Crippen molar-refractivity contribution in [2.75, 3.05) is 5.73 Å². The third-order valence-electron chi connectivity index (χ3n) is 2.04. The van der Waals surface area contributed by atoms with Gasteiger partial charge in [0.05, 0.1) is 5.56 Å². The van der Waals surface area contributed by atoms with Crippen molar-refractivity contribution in [3.05, 3.63) is 23.4 Å². The second-order valence-electron chi connectivity index (χ2n) is 3.02. The van der Waals surface area contributed by atoms with Crippen molar-refractivity contribution in [3.8, 4) is 0 Å². The van der Waals surface area contributed by atoms with Crippen molar-refractivity contribution in [3.63, 3.8) is 0 Å². The molecule has 1 rings (SSSR count). The molecule has 76 valence electrons. The van der Waals surface area contributed by atoms with E-state index in [4.69, 9.17) is 16.6 Å². The number of nitrogen functional groups attached to an aromatic ring is 1. The summed E-state index contributed by atoms with van der Waals surface area (Å²) in [5, 5.41) is 8.73. The Labute approximate surface area is 81.7 Å².